The van der Waals surface area contributed by atoms with E-state index in [0.717, 1.165) is 11.1 Å². The SMILES string of the molecule is NC1=Cc2ccccc2CC1=O. The molecule has 2 nitrogen and oxygen atoms in total. The molecule has 2 heteroatoms. The minimum absolute atomic E-state index is 0.0219. The minimum Gasteiger partial charge on any atom is -0.396 e. The molecule has 60 valence electrons. The van der Waals surface area contributed by atoms with Crippen LogP contribution in [0.3, 0.4) is 0 Å². The molecule has 1 aromatic carbocycles. The number of benzene rings is 1. The van der Waals surface area contributed by atoms with Crippen molar-refractivity contribution in [2.24, 2.45) is 5.73 Å². The molecule has 0 aromatic heterocycles. The molecule has 2 N–H and O–H groups in total. The Bertz CT molecular complexity index is 366. The van der Waals surface area contributed by atoms with Gasteiger partial charge in [-0.1, -0.05) is 24.3 Å². The van der Waals surface area contributed by atoms with Crippen molar-refractivity contribution in [3.63, 3.8) is 0 Å². The largest absolute Gasteiger partial charge is 0.396 e. The quantitative estimate of drug-likeness (QED) is 0.616. The molecule has 0 unspecified atom stereocenters. The highest BCUT2D eigenvalue weighted by Gasteiger charge is 2.14. The van der Waals surface area contributed by atoms with Gasteiger partial charge in [0.2, 0.25) is 0 Å². The summed E-state index contributed by atoms with van der Waals surface area (Å²) in [6.07, 6.45) is 2.18. The minimum atomic E-state index is 0.0219. The van der Waals surface area contributed by atoms with Crippen molar-refractivity contribution in [2.75, 3.05) is 0 Å². The molecule has 1 aliphatic carbocycles. The van der Waals surface area contributed by atoms with Gasteiger partial charge in [-0.2, -0.15) is 0 Å². The van der Waals surface area contributed by atoms with Gasteiger partial charge in [-0.15, -0.1) is 0 Å². The fraction of sp³-hybridized carbons (Fsp3) is 0.100. The molecule has 2 rings (SSSR count). The second-order valence-corrected chi connectivity index (χ2v) is 2.90. The average Bonchev–Trinajstić information content (AvgIpc) is 2.07. The summed E-state index contributed by atoms with van der Waals surface area (Å²) in [5.74, 6) is 0.0219. The maximum Gasteiger partial charge on any atom is 0.182 e. The first kappa shape index (κ1) is 7.10. The maximum atomic E-state index is 11.2. The van der Waals surface area contributed by atoms with Crippen molar-refractivity contribution in [3.05, 3.63) is 41.1 Å². The molecular formula is C10H9NO. The molecule has 12 heavy (non-hydrogen) atoms. The van der Waals surface area contributed by atoms with Crippen LogP contribution >= 0.6 is 0 Å². The number of hydrogen-bond acceptors (Lipinski definition) is 2. The third-order valence-electron chi connectivity index (χ3n) is 2.04. The zero-order valence-corrected chi connectivity index (χ0v) is 6.58. The zero-order chi connectivity index (χ0) is 8.55. The molecule has 0 heterocycles. The number of nitrogens with two attached hydrogens (primary N) is 1. The molecule has 0 amide bonds. The summed E-state index contributed by atoms with van der Waals surface area (Å²) in [5, 5.41) is 0. The van der Waals surface area contributed by atoms with Gasteiger partial charge >= 0.3 is 0 Å². The molecule has 1 aliphatic rings. The monoisotopic (exact) mass is 159 g/mol. The standard InChI is InChI=1S/C10H9NO/c11-9-5-7-3-1-2-4-8(7)6-10(9)12/h1-5H,6,11H2. The van der Waals surface area contributed by atoms with E-state index in [1.54, 1.807) is 6.08 Å². The van der Waals surface area contributed by atoms with E-state index in [-0.39, 0.29) is 5.78 Å². The Balaban J connectivity index is 2.56. The fourth-order valence-electron chi connectivity index (χ4n) is 1.36. The third kappa shape index (κ3) is 1.01. The first-order chi connectivity index (χ1) is 5.77. The summed E-state index contributed by atoms with van der Waals surface area (Å²) < 4.78 is 0. The van der Waals surface area contributed by atoms with Gasteiger partial charge < -0.3 is 5.73 Å². The molecule has 0 fully saturated rings. The van der Waals surface area contributed by atoms with Crippen molar-refractivity contribution in [1.82, 2.24) is 0 Å². The van der Waals surface area contributed by atoms with Crippen LogP contribution in [0.15, 0.2) is 30.0 Å². The van der Waals surface area contributed by atoms with Gasteiger partial charge in [0.25, 0.3) is 0 Å². The number of Topliss-reactive ketones (excluding diaryl/α,β-unsaturated/α-hetero) is 1. The Kier molecular flexibility index (Phi) is 1.47. The summed E-state index contributed by atoms with van der Waals surface area (Å²) in [5.41, 5.74) is 8.00. The van der Waals surface area contributed by atoms with E-state index in [1.807, 2.05) is 24.3 Å². The highest BCUT2D eigenvalue weighted by atomic mass is 16.1. The predicted octanol–water partition coefficient (Wildman–Crippen LogP) is 1.11. The smallest absolute Gasteiger partial charge is 0.182 e. The van der Waals surface area contributed by atoms with Gasteiger partial charge in [0.1, 0.15) is 0 Å². The first-order valence-electron chi connectivity index (χ1n) is 3.85. The van der Waals surface area contributed by atoms with Crippen LogP contribution in [-0.4, -0.2) is 5.78 Å². The van der Waals surface area contributed by atoms with Gasteiger partial charge in [0.15, 0.2) is 5.78 Å². The van der Waals surface area contributed by atoms with E-state index in [2.05, 4.69) is 0 Å². The fourth-order valence-corrected chi connectivity index (χ4v) is 1.36. The molecule has 0 bridgehead atoms. The Morgan fingerprint density at radius 2 is 2.00 bits per heavy atom. The molecule has 0 saturated carbocycles. The molecule has 0 saturated heterocycles. The number of rotatable bonds is 0. The maximum absolute atomic E-state index is 11.2. The second kappa shape index (κ2) is 2.48. The number of ketones is 1. The Labute approximate surface area is 70.7 Å². The number of carbonyl (C=O) groups excluding carboxylic acids is 1. The van der Waals surface area contributed by atoms with Crippen molar-refractivity contribution in [3.8, 4) is 0 Å². The lowest BCUT2D eigenvalue weighted by atomic mass is 9.95. The van der Waals surface area contributed by atoms with Crippen LogP contribution in [0.1, 0.15) is 11.1 Å². The Morgan fingerprint density at radius 3 is 2.83 bits per heavy atom. The molecule has 0 spiro atoms. The van der Waals surface area contributed by atoms with Gasteiger partial charge in [0, 0.05) is 6.42 Å². The van der Waals surface area contributed by atoms with Crippen LogP contribution in [0.5, 0.6) is 0 Å². The lowest BCUT2D eigenvalue weighted by Crippen LogP contribution is -2.17. The lowest BCUT2D eigenvalue weighted by Gasteiger charge is -2.11. The molecule has 1 aromatic rings. The van der Waals surface area contributed by atoms with Crippen molar-refractivity contribution in [1.29, 1.82) is 0 Å². The average molecular weight is 159 g/mol. The summed E-state index contributed by atoms with van der Waals surface area (Å²) >= 11 is 0. The van der Waals surface area contributed by atoms with Crippen LogP contribution in [0.4, 0.5) is 0 Å². The van der Waals surface area contributed by atoms with Crippen molar-refractivity contribution in [2.45, 2.75) is 6.42 Å². The topological polar surface area (TPSA) is 43.1 Å². The molecular weight excluding hydrogens is 150 g/mol. The summed E-state index contributed by atoms with van der Waals surface area (Å²) in [6.45, 7) is 0. The van der Waals surface area contributed by atoms with E-state index in [9.17, 15) is 4.79 Å². The number of hydrogen-bond donors (Lipinski definition) is 1. The van der Waals surface area contributed by atoms with Crippen LogP contribution in [0.25, 0.3) is 6.08 Å². The van der Waals surface area contributed by atoms with E-state index in [4.69, 9.17) is 5.73 Å². The summed E-state index contributed by atoms with van der Waals surface area (Å²) in [6, 6.07) is 7.80. The van der Waals surface area contributed by atoms with Gasteiger partial charge in [0.05, 0.1) is 5.70 Å². The summed E-state index contributed by atoms with van der Waals surface area (Å²) in [4.78, 5) is 11.2. The van der Waals surface area contributed by atoms with E-state index >= 15 is 0 Å². The van der Waals surface area contributed by atoms with E-state index in [1.165, 1.54) is 0 Å². The predicted molar refractivity (Wildman–Crippen MR) is 47.3 cm³/mol. The first-order valence-corrected chi connectivity index (χ1v) is 3.85. The Morgan fingerprint density at radius 1 is 1.25 bits per heavy atom. The van der Waals surface area contributed by atoms with Crippen LogP contribution in [-0.2, 0) is 11.2 Å². The van der Waals surface area contributed by atoms with Crippen LogP contribution in [0, 0.1) is 0 Å². The number of carbonyl (C=O) groups is 1. The highest BCUT2D eigenvalue weighted by Crippen LogP contribution is 2.18. The number of fused-ring (bicyclic) bond motifs is 1. The Hall–Kier alpha value is -1.57. The van der Waals surface area contributed by atoms with Crippen LogP contribution < -0.4 is 5.73 Å². The third-order valence-corrected chi connectivity index (χ3v) is 2.04. The second-order valence-electron chi connectivity index (χ2n) is 2.90. The van der Waals surface area contributed by atoms with Gasteiger partial charge in [-0.25, -0.2) is 0 Å². The van der Waals surface area contributed by atoms with Crippen molar-refractivity contribution >= 4 is 11.9 Å². The molecule has 0 atom stereocenters. The van der Waals surface area contributed by atoms with Gasteiger partial charge in [-0.3, -0.25) is 4.79 Å². The summed E-state index contributed by atoms with van der Waals surface area (Å²) in [7, 11) is 0. The van der Waals surface area contributed by atoms with Crippen LogP contribution in [0.2, 0.25) is 0 Å². The van der Waals surface area contributed by atoms with Gasteiger partial charge in [-0.05, 0) is 17.2 Å². The lowest BCUT2D eigenvalue weighted by molar-refractivity contribution is -0.115. The normalized spacial score (nSPS) is 15.3. The van der Waals surface area contributed by atoms with Crippen molar-refractivity contribution < 1.29 is 4.79 Å². The van der Waals surface area contributed by atoms with E-state index < -0.39 is 0 Å². The molecule has 0 radical (unpaired) electrons. The van der Waals surface area contributed by atoms with E-state index in [0.29, 0.717) is 12.1 Å². The number of allylic oxidation sites excluding steroid dienone is 1. The molecule has 0 aliphatic heterocycles. The highest BCUT2D eigenvalue weighted by molar-refractivity contribution is 6.02. The zero-order valence-electron chi connectivity index (χ0n) is 6.58.